The highest BCUT2D eigenvalue weighted by Gasteiger charge is 2.19. The van der Waals surface area contributed by atoms with E-state index in [4.69, 9.17) is 0 Å². The first-order valence-corrected chi connectivity index (χ1v) is 8.18. The van der Waals surface area contributed by atoms with E-state index in [1.807, 2.05) is 43.7 Å². The summed E-state index contributed by atoms with van der Waals surface area (Å²) in [7, 11) is 0. The van der Waals surface area contributed by atoms with Gasteiger partial charge >= 0.3 is 0 Å². The average molecular weight is 326 g/mol. The van der Waals surface area contributed by atoms with Gasteiger partial charge in [-0.3, -0.25) is 14.8 Å². The molecule has 0 aliphatic rings. The van der Waals surface area contributed by atoms with E-state index in [1.54, 1.807) is 6.20 Å². The molecule has 0 spiro atoms. The molecule has 0 saturated carbocycles. The molecule has 2 heterocycles. The number of aryl methyl sites for hydroxylation is 2. The van der Waals surface area contributed by atoms with Crippen molar-refractivity contribution in [2.75, 3.05) is 5.32 Å². The minimum Gasteiger partial charge on any atom is -0.298 e. The molecule has 0 atom stereocenters. The Labute approximate surface area is 139 Å². The first-order valence-electron chi connectivity index (χ1n) is 7.36. The van der Waals surface area contributed by atoms with Crippen LogP contribution in [0, 0.1) is 20.8 Å². The highest BCUT2D eigenvalue weighted by molar-refractivity contribution is 7.15. The quantitative estimate of drug-likeness (QED) is 0.797. The maximum Gasteiger partial charge on any atom is 0.261 e. The Bertz CT molecular complexity index is 836. The maximum absolute atomic E-state index is 12.5. The summed E-state index contributed by atoms with van der Waals surface area (Å²) in [5, 5.41) is 7.98. The zero-order chi connectivity index (χ0) is 16.4. The lowest BCUT2D eigenvalue weighted by atomic mass is 10.2. The number of benzene rings is 1. The van der Waals surface area contributed by atoms with E-state index >= 15 is 0 Å². The summed E-state index contributed by atoms with van der Waals surface area (Å²) >= 11 is 1.46. The van der Waals surface area contributed by atoms with Crippen molar-refractivity contribution >= 4 is 22.4 Å². The van der Waals surface area contributed by atoms with Crippen LogP contribution in [0.25, 0.3) is 0 Å². The van der Waals surface area contributed by atoms with Gasteiger partial charge in [0.2, 0.25) is 0 Å². The van der Waals surface area contributed by atoms with Crippen LogP contribution in [-0.2, 0) is 6.54 Å². The van der Waals surface area contributed by atoms with Crippen LogP contribution >= 0.6 is 11.3 Å². The summed E-state index contributed by atoms with van der Waals surface area (Å²) < 4.78 is 1.87. The van der Waals surface area contributed by atoms with Crippen LogP contribution in [0.3, 0.4) is 0 Å². The van der Waals surface area contributed by atoms with Crippen LogP contribution in [0.1, 0.15) is 32.2 Å². The summed E-state index contributed by atoms with van der Waals surface area (Å²) in [4.78, 5) is 17.8. The Kier molecular flexibility index (Phi) is 4.25. The van der Waals surface area contributed by atoms with Crippen LogP contribution in [0.5, 0.6) is 0 Å². The topological polar surface area (TPSA) is 59.8 Å². The molecule has 1 N–H and O–H groups in total. The number of thiazole rings is 1. The number of aromatic nitrogens is 3. The van der Waals surface area contributed by atoms with E-state index in [1.165, 1.54) is 11.3 Å². The summed E-state index contributed by atoms with van der Waals surface area (Å²) in [6.45, 7) is 6.39. The van der Waals surface area contributed by atoms with Crippen molar-refractivity contribution in [3.8, 4) is 0 Å². The molecular weight excluding hydrogens is 308 g/mol. The second-order valence-electron chi connectivity index (χ2n) is 5.42. The van der Waals surface area contributed by atoms with Gasteiger partial charge in [-0.25, -0.2) is 4.98 Å². The van der Waals surface area contributed by atoms with Crippen LogP contribution in [0.2, 0.25) is 0 Å². The predicted molar refractivity (Wildman–Crippen MR) is 92.0 cm³/mol. The van der Waals surface area contributed by atoms with Crippen molar-refractivity contribution in [3.63, 3.8) is 0 Å². The zero-order valence-corrected chi connectivity index (χ0v) is 14.1. The third-order valence-corrected chi connectivity index (χ3v) is 4.45. The Hall–Kier alpha value is -2.47. The third-order valence-electron chi connectivity index (χ3n) is 3.63. The van der Waals surface area contributed by atoms with Gasteiger partial charge in [-0.1, -0.05) is 30.3 Å². The number of hydrogen-bond donors (Lipinski definition) is 1. The van der Waals surface area contributed by atoms with Crippen LogP contribution < -0.4 is 5.32 Å². The Balaban J connectivity index is 1.84. The molecule has 0 aliphatic heterocycles. The second kappa shape index (κ2) is 6.34. The minimum atomic E-state index is -0.159. The molecule has 0 bridgehead atoms. The smallest absolute Gasteiger partial charge is 0.261 e. The fourth-order valence-electron chi connectivity index (χ4n) is 2.51. The monoisotopic (exact) mass is 326 g/mol. The van der Waals surface area contributed by atoms with E-state index in [9.17, 15) is 4.79 Å². The molecule has 1 amide bonds. The first kappa shape index (κ1) is 15.4. The molecule has 5 nitrogen and oxygen atoms in total. The Morgan fingerprint density at radius 1 is 1.22 bits per heavy atom. The SMILES string of the molecule is Cc1cnc(NC(=O)c2c(C)nn(Cc3ccccc3)c2C)s1. The molecule has 0 aliphatic carbocycles. The molecule has 1 aromatic carbocycles. The van der Waals surface area contributed by atoms with Gasteiger partial charge in [0.15, 0.2) is 5.13 Å². The number of nitrogens with zero attached hydrogens (tertiary/aromatic N) is 3. The molecule has 0 radical (unpaired) electrons. The summed E-state index contributed by atoms with van der Waals surface area (Å²) in [5.74, 6) is -0.159. The molecule has 0 fully saturated rings. The van der Waals surface area contributed by atoms with Crippen molar-refractivity contribution in [2.45, 2.75) is 27.3 Å². The third kappa shape index (κ3) is 3.32. The second-order valence-corrected chi connectivity index (χ2v) is 6.65. The summed E-state index contributed by atoms with van der Waals surface area (Å²) in [5.41, 5.74) is 3.36. The molecule has 2 aromatic heterocycles. The van der Waals surface area contributed by atoms with Gasteiger partial charge in [0.05, 0.1) is 17.8 Å². The van der Waals surface area contributed by atoms with Crippen LogP contribution in [-0.4, -0.2) is 20.7 Å². The molecule has 0 saturated heterocycles. The van der Waals surface area contributed by atoms with E-state index in [-0.39, 0.29) is 5.91 Å². The predicted octanol–water partition coefficient (Wildman–Crippen LogP) is 3.57. The van der Waals surface area contributed by atoms with Gasteiger partial charge in [0.25, 0.3) is 5.91 Å². The van der Waals surface area contributed by atoms with Gasteiger partial charge in [-0.15, -0.1) is 11.3 Å². The van der Waals surface area contributed by atoms with Gasteiger partial charge < -0.3 is 0 Å². The number of anilines is 1. The van der Waals surface area contributed by atoms with E-state index in [0.717, 1.165) is 21.8 Å². The highest BCUT2D eigenvalue weighted by atomic mass is 32.1. The van der Waals surface area contributed by atoms with Crippen molar-refractivity contribution in [3.05, 3.63) is 63.9 Å². The van der Waals surface area contributed by atoms with Gasteiger partial charge in [0, 0.05) is 16.8 Å². The van der Waals surface area contributed by atoms with Gasteiger partial charge in [0.1, 0.15) is 0 Å². The molecule has 6 heteroatoms. The number of amides is 1. The Morgan fingerprint density at radius 2 is 1.96 bits per heavy atom. The van der Waals surface area contributed by atoms with Gasteiger partial charge in [-0.05, 0) is 26.3 Å². The average Bonchev–Trinajstić information content (AvgIpc) is 3.04. The lowest BCUT2D eigenvalue weighted by Gasteiger charge is -2.05. The standard InChI is InChI=1S/C17H18N4OS/c1-11-9-18-17(23-11)19-16(22)15-12(2)20-21(13(15)3)10-14-7-5-4-6-8-14/h4-9H,10H2,1-3H3,(H,18,19,22). The van der Waals surface area contributed by atoms with Crippen LogP contribution in [0.15, 0.2) is 36.5 Å². The van der Waals surface area contributed by atoms with Crippen LogP contribution in [0.4, 0.5) is 5.13 Å². The maximum atomic E-state index is 12.5. The summed E-state index contributed by atoms with van der Waals surface area (Å²) in [6, 6.07) is 10.1. The van der Waals surface area contributed by atoms with E-state index in [0.29, 0.717) is 17.2 Å². The normalized spacial score (nSPS) is 10.7. The number of carbonyl (C=O) groups is 1. The van der Waals surface area contributed by atoms with Crippen molar-refractivity contribution < 1.29 is 4.79 Å². The molecule has 3 aromatic rings. The molecule has 0 unspecified atom stereocenters. The fourth-order valence-corrected chi connectivity index (χ4v) is 3.17. The lowest BCUT2D eigenvalue weighted by molar-refractivity contribution is 0.102. The van der Waals surface area contributed by atoms with Gasteiger partial charge in [-0.2, -0.15) is 5.10 Å². The molecular formula is C17H18N4OS. The van der Waals surface area contributed by atoms with Crippen molar-refractivity contribution in [1.29, 1.82) is 0 Å². The Morgan fingerprint density at radius 3 is 2.61 bits per heavy atom. The summed E-state index contributed by atoms with van der Waals surface area (Å²) in [6.07, 6.45) is 1.75. The molecule has 118 valence electrons. The van der Waals surface area contributed by atoms with Crippen molar-refractivity contribution in [1.82, 2.24) is 14.8 Å². The number of nitrogens with one attached hydrogen (secondary N) is 1. The highest BCUT2D eigenvalue weighted by Crippen LogP contribution is 2.20. The molecule has 3 rings (SSSR count). The van der Waals surface area contributed by atoms with Crippen molar-refractivity contribution in [2.24, 2.45) is 0 Å². The zero-order valence-electron chi connectivity index (χ0n) is 13.3. The molecule has 23 heavy (non-hydrogen) atoms. The fraction of sp³-hybridized carbons (Fsp3) is 0.235. The number of rotatable bonds is 4. The largest absolute Gasteiger partial charge is 0.298 e. The minimum absolute atomic E-state index is 0.159. The lowest BCUT2D eigenvalue weighted by Crippen LogP contribution is -2.14. The van der Waals surface area contributed by atoms with E-state index < -0.39 is 0 Å². The van der Waals surface area contributed by atoms with E-state index in [2.05, 4.69) is 27.5 Å². The number of carbonyl (C=O) groups excluding carboxylic acids is 1. The number of hydrogen-bond acceptors (Lipinski definition) is 4. The first-order chi connectivity index (χ1) is 11.0.